The molecule has 0 aromatic heterocycles. The van der Waals surface area contributed by atoms with Crippen molar-refractivity contribution in [2.45, 2.75) is 12.8 Å². The first-order valence-corrected chi connectivity index (χ1v) is 8.19. The molecule has 0 bridgehead atoms. The second-order valence-corrected chi connectivity index (χ2v) is 5.83. The van der Waals surface area contributed by atoms with Gasteiger partial charge in [0.2, 0.25) is 5.91 Å². The van der Waals surface area contributed by atoms with Crippen LogP contribution in [-0.4, -0.2) is 36.8 Å². The average molecular weight is 353 g/mol. The Bertz CT molecular complexity index is 846. The lowest BCUT2D eigenvalue weighted by molar-refractivity contribution is -0.117. The van der Waals surface area contributed by atoms with Crippen LogP contribution in [0.2, 0.25) is 0 Å². The maximum atomic E-state index is 12.1. The van der Waals surface area contributed by atoms with Gasteiger partial charge in [0.1, 0.15) is 0 Å². The molecule has 0 spiro atoms. The summed E-state index contributed by atoms with van der Waals surface area (Å²) in [5.41, 5.74) is 4.28. The van der Waals surface area contributed by atoms with Gasteiger partial charge in [-0.1, -0.05) is 0 Å². The minimum absolute atomic E-state index is 0.00479. The molecule has 0 atom stereocenters. The number of phenolic OH excluding ortho intramolecular Hbond substituents is 1. The average Bonchev–Trinajstić information content (AvgIpc) is 3.08. The number of carbonyl (C=O) groups excluding carboxylic acids is 2. The van der Waals surface area contributed by atoms with E-state index < -0.39 is 0 Å². The van der Waals surface area contributed by atoms with Crippen LogP contribution >= 0.6 is 0 Å². The summed E-state index contributed by atoms with van der Waals surface area (Å²) in [6.07, 6.45) is 2.85. The molecule has 1 aliphatic rings. The van der Waals surface area contributed by atoms with Gasteiger partial charge >= 0.3 is 0 Å². The highest BCUT2D eigenvalue weighted by Gasteiger charge is 2.21. The van der Waals surface area contributed by atoms with Gasteiger partial charge in [-0.05, 0) is 54.4 Å². The van der Waals surface area contributed by atoms with Crippen LogP contribution in [0.25, 0.3) is 0 Å². The van der Waals surface area contributed by atoms with E-state index >= 15 is 0 Å². The van der Waals surface area contributed by atoms with Gasteiger partial charge in [0.25, 0.3) is 5.91 Å². The monoisotopic (exact) mass is 353 g/mol. The molecule has 7 nitrogen and oxygen atoms in total. The minimum atomic E-state index is -0.363. The molecule has 2 N–H and O–H groups in total. The maximum Gasteiger partial charge on any atom is 0.271 e. The molecule has 1 fully saturated rings. The van der Waals surface area contributed by atoms with Gasteiger partial charge in [-0.15, -0.1) is 0 Å². The summed E-state index contributed by atoms with van der Waals surface area (Å²) in [6.45, 7) is 0.712. The highest BCUT2D eigenvalue weighted by Crippen LogP contribution is 2.25. The molecule has 1 aliphatic heterocycles. The van der Waals surface area contributed by atoms with Crippen molar-refractivity contribution in [3.8, 4) is 11.5 Å². The van der Waals surface area contributed by atoms with Crippen molar-refractivity contribution in [1.82, 2.24) is 5.43 Å². The third kappa shape index (κ3) is 3.83. The summed E-state index contributed by atoms with van der Waals surface area (Å²) in [6, 6.07) is 11.6. The molecule has 0 saturated carbocycles. The van der Waals surface area contributed by atoms with E-state index in [1.54, 1.807) is 41.3 Å². The summed E-state index contributed by atoms with van der Waals surface area (Å²) in [5, 5.41) is 13.6. The Morgan fingerprint density at radius 3 is 2.65 bits per heavy atom. The maximum absolute atomic E-state index is 12.1. The number of nitrogens with zero attached hydrogens (tertiary/aromatic N) is 2. The first kappa shape index (κ1) is 17.5. The Morgan fingerprint density at radius 2 is 2.04 bits per heavy atom. The highest BCUT2D eigenvalue weighted by atomic mass is 16.5. The van der Waals surface area contributed by atoms with E-state index in [4.69, 9.17) is 4.74 Å². The summed E-state index contributed by atoms with van der Waals surface area (Å²) in [7, 11) is 1.47. The van der Waals surface area contributed by atoms with Gasteiger partial charge in [0.05, 0.1) is 13.3 Å². The van der Waals surface area contributed by atoms with E-state index in [2.05, 4.69) is 10.5 Å². The lowest BCUT2D eigenvalue weighted by Crippen LogP contribution is -2.24. The predicted octanol–water partition coefficient (Wildman–Crippen LogP) is 2.29. The predicted molar refractivity (Wildman–Crippen MR) is 97.7 cm³/mol. The zero-order valence-electron chi connectivity index (χ0n) is 14.3. The van der Waals surface area contributed by atoms with Crippen LogP contribution in [0, 0.1) is 0 Å². The highest BCUT2D eigenvalue weighted by molar-refractivity contribution is 5.97. The number of amides is 2. The number of ether oxygens (including phenoxy) is 1. The Hall–Kier alpha value is -3.35. The number of methoxy groups -OCH3 is 1. The quantitative estimate of drug-likeness (QED) is 0.637. The van der Waals surface area contributed by atoms with Crippen LogP contribution in [0.15, 0.2) is 47.6 Å². The molecule has 0 aliphatic carbocycles. The fourth-order valence-electron chi connectivity index (χ4n) is 2.73. The Balaban J connectivity index is 1.61. The third-order valence-corrected chi connectivity index (χ3v) is 4.10. The second kappa shape index (κ2) is 7.69. The first-order valence-electron chi connectivity index (χ1n) is 8.19. The SMILES string of the molecule is COc1ccc(/C=N/NC(=O)c2ccc(N3CCCC3=O)cc2)cc1O. The lowest BCUT2D eigenvalue weighted by atomic mass is 10.2. The molecule has 0 unspecified atom stereocenters. The number of hydrazone groups is 1. The van der Waals surface area contributed by atoms with Gasteiger partial charge in [-0.25, -0.2) is 5.43 Å². The van der Waals surface area contributed by atoms with Crippen molar-refractivity contribution < 1.29 is 19.4 Å². The number of hydrogen-bond acceptors (Lipinski definition) is 5. The zero-order valence-corrected chi connectivity index (χ0v) is 14.3. The molecular formula is C19H19N3O4. The van der Waals surface area contributed by atoms with Crippen molar-refractivity contribution in [2.24, 2.45) is 5.10 Å². The number of benzene rings is 2. The van der Waals surface area contributed by atoms with Crippen molar-refractivity contribution in [3.05, 3.63) is 53.6 Å². The minimum Gasteiger partial charge on any atom is -0.504 e. The standard InChI is InChI=1S/C19H19N3O4/c1-26-17-9-4-13(11-16(17)23)12-20-21-19(25)14-5-7-15(8-6-14)22-10-2-3-18(22)24/h4-9,11-12,23H,2-3,10H2,1H3,(H,21,25)/b20-12+. The van der Waals surface area contributed by atoms with Gasteiger partial charge < -0.3 is 14.7 Å². The molecule has 1 saturated heterocycles. The second-order valence-electron chi connectivity index (χ2n) is 5.83. The molecule has 26 heavy (non-hydrogen) atoms. The van der Waals surface area contributed by atoms with Crippen molar-refractivity contribution in [2.75, 3.05) is 18.6 Å². The van der Waals surface area contributed by atoms with E-state index in [9.17, 15) is 14.7 Å². The molecule has 1 heterocycles. The summed E-state index contributed by atoms with van der Waals surface area (Å²) >= 11 is 0. The fraction of sp³-hybridized carbons (Fsp3) is 0.211. The Labute approximate surface area is 150 Å². The number of carbonyl (C=O) groups is 2. The number of hydrogen-bond donors (Lipinski definition) is 2. The van der Waals surface area contributed by atoms with Gasteiger partial charge in [0.15, 0.2) is 11.5 Å². The van der Waals surface area contributed by atoms with Gasteiger partial charge in [0, 0.05) is 24.2 Å². The van der Waals surface area contributed by atoms with E-state index in [0.29, 0.717) is 29.8 Å². The fourth-order valence-corrected chi connectivity index (χ4v) is 2.73. The molecule has 2 aromatic rings. The van der Waals surface area contributed by atoms with Gasteiger partial charge in [-0.3, -0.25) is 9.59 Å². The van der Waals surface area contributed by atoms with Crippen LogP contribution in [0.1, 0.15) is 28.8 Å². The van der Waals surface area contributed by atoms with E-state index in [0.717, 1.165) is 12.1 Å². The van der Waals surface area contributed by atoms with Crippen molar-refractivity contribution >= 4 is 23.7 Å². The topological polar surface area (TPSA) is 91.2 Å². The molecule has 3 rings (SSSR count). The summed E-state index contributed by atoms with van der Waals surface area (Å²) in [4.78, 5) is 25.6. The summed E-state index contributed by atoms with van der Waals surface area (Å²) < 4.78 is 4.96. The first-order chi connectivity index (χ1) is 12.6. The molecular weight excluding hydrogens is 334 g/mol. The Morgan fingerprint density at radius 1 is 1.27 bits per heavy atom. The Kier molecular flexibility index (Phi) is 5.17. The van der Waals surface area contributed by atoms with Crippen LogP contribution < -0.4 is 15.1 Å². The number of phenols is 1. The molecule has 2 aromatic carbocycles. The van der Waals surface area contributed by atoms with Crippen LogP contribution in [0.5, 0.6) is 11.5 Å². The molecule has 2 amide bonds. The number of anilines is 1. The van der Waals surface area contributed by atoms with Gasteiger partial charge in [-0.2, -0.15) is 5.10 Å². The largest absolute Gasteiger partial charge is 0.504 e. The van der Waals surface area contributed by atoms with Crippen LogP contribution in [0.3, 0.4) is 0 Å². The molecule has 7 heteroatoms. The third-order valence-electron chi connectivity index (χ3n) is 4.10. The smallest absolute Gasteiger partial charge is 0.271 e. The van der Waals surface area contributed by atoms with Crippen molar-refractivity contribution in [3.63, 3.8) is 0 Å². The van der Waals surface area contributed by atoms with E-state index in [-0.39, 0.29) is 17.6 Å². The molecule has 0 radical (unpaired) electrons. The normalized spacial score (nSPS) is 14.0. The van der Waals surface area contributed by atoms with Crippen LogP contribution in [-0.2, 0) is 4.79 Å². The lowest BCUT2D eigenvalue weighted by Gasteiger charge is -2.15. The number of aromatic hydroxyl groups is 1. The zero-order chi connectivity index (χ0) is 18.5. The number of rotatable bonds is 5. The summed E-state index contributed by atoms with van der Waals surface area (Å²) in [5.74, 6) is 0.102. The van der Waals surface area contributed by atoms with E-state index in [1.807, 2.05) is 0 Å². The van der Waals surface area contributed by atoms with Crippen LogP contribution in [0.4, 0.5) is 5.69 Å². The molecule has 134 valence electrons. The number of nitrogens with one attached hydrogen (secondary N) is 1. The van der Waals surface area contributed by atoms with Crippen molar-refractivity contribution in [1.29, 1.82) is 0 Å². The van der Waals surface area contributed by atoms with E-state index in [1.165, 1.54) is 19.4 Å².